The molecule has 0 atom stereocenters. The van der Waals surface area contributed by atoms with Crippen molar-refractivity contribution in [2.24, 2.45) is 0 Å². The number of hydrogen-bond donors (Lipinski definition) is 1. The summed E-state index contributed by atoms with van der Waals surface area (Å²) in [6.45, 7) is 7.43. The van der Waals surface area contributed by atoms with Crippen molar-refractivity contribution in [3.05, 3.63) is 59.9 Å². The number of amides is 1. The van der Waals surface area contributed by atoms with Gasteiger partial charge in [0.2, 0.25) is 5.95 Å². The van der Waals surface area contributed by atoms with Gasteiger partial charge in [0.1, 0.15) is 11.5 Å². The highest BCUT2D eigenvalue weighted by atomic mass is 19.1. The molecule has 1 N–H and O–H groups in total. The fourth-order valence-electron chi connectivity index (χ4n) is 3.41. The Balaban J connectivity index is 1.42. The fraction of sp³-hybridized carbons (Fsp3) is 0.350. The van der Waals surface area contributed by atoms with E-state index in [0.717, 1.165) is 44.1 Å². The van der Waals surface area contributed by atoms with Crippen molar-refractivity contribution in [1.29, 1.82) is 0 Å². The molecule has 1 saturated heterocycles. The van der Waals surface area contributed by atoms with E-state index < -0.39 is 11.9 Å². The molecular formula is C20H23FN6O. The highest BCUT2D eigenvalue weighted by molar-refractivity contribution is 5.93. The van der Waals surface area contributed by atoms with Crippen molar-refractivity contribution in [3.63, 3.8) is 0 Å². The summed E-state index contributed by atoms with van der Waals surface area (Å²) in [6.07, 6.45) is 3.29. The zero-order chi connectivity index (χ0) is 19.5. The van der Waals surface area contributed by atoms with Crippen molar-refractivity contribution < 1.29 is 9.18 Å². The summed E-state index contributed by atoms with van der Waals surface area (Å²) in [7, 11) is 0. The smallest absolute Gasteiger partial charge is 0.274 e. The van der Waals surface area contributed by atoms with E-state index in [4.69, 9.17) is 0 Å². The molecule has 1 aliphatic heterocycles. The molecule has 4 rings (SSSR count). The zero-order valence-corrected chi connectivity index (χ0v) is 15.8. The molecule has 3 aromatic rings. The highest BCUT2D eigenvalue weighted by Gasteiger charge is 2.19. The van der Waals surface area contributed by atoms with E-state index in [1.165, 1.54) is 4.40 Å². The van der Waals surface area contributed by atoms with Crippen LogP contribution in [0.3, 0.4) is 0 Å². The fourth-order valence-corrected chi connectivity index (χ4v) is 3.41. The van der Waals surface area contributed by atoms with Gasteiger partial charge in [0.05, 0.1) is 0 Å². The van der Waals surface area contributed by atoms with Gasteiger partial charge in [-0.2, -0.15) is 4.39 Å². The SMILES string of the molecule is CCN1CCN(c2cc(CNC(=O)c3nc4ccccn4c3F)ccn2)CC1. The number of imidazole rings is 1. The second-order valence-corrected chi connectivity index (χ2v) is 6.81. The van der Waals surface area contributed by atoms with Gasteiger partial charge in [0.15, 0.2) is 5.69 Å². The number of anilines is 1. The molecule has 0 unspecified atom stereocenters. The van der Waals surface area contributed by atoms with Gasteiger partial charge < -0.3 is 15.1 Å². The number of pyridine rings is 2. The van der Waals surface area contributed by atoms with Gasteiger partial charge in [-0.25, -0.2) is 9.97 Å². The molecule has 0 aromatic carbocycles. The van der Waals surface area contributed by atoms with Gasteiger partial charge in [-0.3, -0.25) is 9.20 Å². The van der Waals surface area contributed by atoms with Gasteiger partial charge in [-0.05, 0) is 36.4 Å². The predicted octanol–water partition coefficient (Wildman–Crippen LogP) is 1.94. The van der Waals surface area contributed by atoms with Crippen LogP contribution in [0.15, 0.2) is 42.7 Å². The molecule has 8 heteroatoms. The van der Waals surface area contributed by atoms with Gasteiger partial charge in [-0.1, -0.05) is 13.0 Å². The quantitative estimate of drug-likeness (QED) is 0.731. The molecule has 0 bridgehead atoms. The molecular weight excluding hydrogens is 359 g/mol. The lowest BCUT2D eigenvalue weighted by Gasteiger charge is -2.34. The van der Waals surface area contributed by atoms with Crippen LogP contribution in [0.25, 0.3) is 5.65 Å². The summed E-state index contributed by atoms with van der Waals surface area (Å²) < 4.78 is 15.7. The minimum absolute atomic E-state index is 0.198. The van der Waals surface area contributed by atoms with Crippen LogP contribution in [0.5, 0.6) is 0 Å². The number of piperazine rings is 1. The maximum Gasteiger partial charge on any atom is 0.274 e. The molecule has 1 aliphatic rings. The molecule has 7 nitrogen and oxygen atoms in total. The van der Waals surface area contributed by atoms with Crippen molar-refractivity contribution in [1.82, 2.24) is 24.6 Å². The first-order valence-electron chi connectivity index (χ1n) is 9.48. The van der Waals surface area contributed by atoms with Crippen LogP contribution < -0.4 is 10.2 Å². The lowest BCUT2D eigenvalue weighted by molar-refractivity contribution is 0.0942. The number of fused-ring (bicyclic) bond motifs is 1. The average Bonchev–Trinajstić information content (AvgIpc) is 3.09. The normalized spacial score (nSPS) is 15.1. The molecule has 3 aromatic heterocycles. The van der Waals surface area contributed by atoms with Crippen LogP contribution in [-0.2, 0) is 6.54 Å². The van der Waals surface area contributed by atoms with E-state index in [1.807, 2.05) is 12.1 Å². The second kappa shape index (κ2) is 7.93. The maximum absolute atomic E-state index is 14.4. The first-order valence-corrected chi connectivity index (χ1v) is 9.48. The highest BCUT2D eigenvalue weighted by Crippen LogP contribution is 2.16. The van der Waals surface area contributed by atoms with E-state index in [-0.39, 0.29) is 12.2 Å². The largest absolute Gasteiger partial charge is 0.354 e. The number of carbonyl (C=O) groups excluding carboxylic acids is 1. The average molecular weight is 382 g/mol. The van der Waals surface area contributed by atoms with Gasteiger partial charge in [0.25, 0.3) is 5.91 Å². The third-order valence-corrected chi connectivity index (χ3v) is 5.09. The van der Waals surface area contributed by atoms with E-state index in [1.54, 1.807) is 30.6 Å². The number of nitrogens with zero attached hydrogens (tertiary/aromatic N) is 5. The van der Waals surface area contributed by atoms with Gasteiger partial charge in [0, 0.05) is 45.1 Å². The van der Waals surface area contributed by atoms with Crippen molar-refractivity contribution >= 4 is 17.4 Å². The van der Waals surface area contributed by atoms with Crippen LogP contribution >= 0.6 is 0 Å². The molecule has 146 valence electrons. The van der Waals surface area contributed by atoms with Crippen molar-refractivity contribution in [2.45, 2.75) is 13.5 Å². The number of aromatic nitrogens is 3. The lowest BCUT2D eigenvalue weighted by Crippen LogP contribution is -2.46. The van der Waals surface area contributed by atoms with Crippen LogP contribution in [0.2, 0.25) is 0 Å². The van der Waals surface area contributed by atoms with Crippen LogP contribution in [0.4, 0.5) is 10.2 Å². The number of likely N-dealkylation sites (N-methyl/N-ethyl adjacent to an activating group) is 1. The van der Waals surface area contributed by atoms with Gasteiger partial charge in [-0.15, -0.1) is 0 Å². The van der Waals surface area contributed by atoms with Crippen LogP contribution in [0.1, 0.15) is 23.0 Å². The first kappa shape index (κ1) is 18.4. The second-order valence-electron chi connectivity index (χ2n) is 6.81. The Hall–Kier alpha value is -3.00. The zero-order valence-electron chi connectivity index (χ0n) is 15.8. The number of carbonyl (C=O) groups is 1. The van der Waals surface area contributed by atoms with Crippen molar-refractivity contribution in [2.75, 3.05) is 37.6 Å². The van der Waals surface area contributed by atoms with Gasteiger partial charge >= 0.3 is 0 Å². The van der Waals surface area contributed by atoms with Crippen LogP contribution in [0, 0.1) is 5.95 Å². The maximum atomic E-state index is 14.4. The standard InChI is InChI=1S/C20H23FN6O/c1-2-25-9-11-26(12-10-25)17-13-15(6-7-22-17)14-23-20(28)18-19(21)27-8-4-3-5-16(27)24-18/h3-8,13H,2,9-12,14H2,1H3,(H,23,28). The third-order valence-electron chi connectivity index (χ3n) is 5.09. The summed E-state index contributed by atoms with van der Waals surface area (Å²) >= 11 is 0. The molecule has 0 saturated carbocycles. The minimum atomic E-state index is -0.655. The number of rotatable bonds is 5. The number of nitrogens with one attached hydrogen (secondary N) is 1. The summed E-state index contributed by atoms with van der Waals surface area (Å²) in [5.74, 6) is -0.283. The van der Waals surface area contributed by atoms with Crippen molar-refractivity contribution in [3.8, 4) is 0 Å². The Morgan fingerprint density at radius 3 is 2.79 bits per heavy atom. The first-order chi connectivity index (χ1) is 13.7. The molecule has 28 heavy (non-hydrogen) atoms. The minimum Gasteiger partial charge on any atom is -0.354 e. The molecule has 0 radical (unpaired) electrons. The molecule has 0 spiro atoms. The summed E-state index contributed by atoms with van der Waals surface area (Å²) in [4.78, 5) is 25.6. The van der Waals surface area contributed by atoms with Crippen LogP contribution in [-0.4, -0.2) is 57.9 Å². The Morgan fingerprint density at radius 2 is 2.04 bits per heavy atom. The summed E-state index contributed by atoms with van der Waals surface area (Å²) in [6, 6.07) is 8.93. The number of hydrogen-bond acceptors (Lipinski definition) is 5. The molecule has 1 fully saturated rings. The Kier molecular flexibility index (Phi) is 5.21. The molecule has 1 amide bonds. The lowest BCUT2D eigenvalue weighted by atomic mass is 10.2. The summed E-state index contributed by atoms with van der Waals surface area (Å²) in [5.41, 5.74) is 1.12. The Labute approximate surface area is 162 Å². The monoisotopic (exact) mass is 382 g/mol. The Morgan fingerprint density at radius 1 is 1.21 bits per heavy atom. The topological polar surface area (TPSA) is 65.8 Å². The third kappa shape index (κ3) is 3.68. The van der Waals surface area contributed by atoms with E-state index >= 15 is 0 Å². The van der Waals surface area contributed by atoms with E-state index in [2.05, 4.69) is 32.0 Å². The number of halogens is 1. The molecule has 4 heterocycles. The van der Waals surface area contributed by atoms with E-state index in [0.29, 0.717) is 5.65 Å². The molecule has 0 aliphatic carbocycles. The summed E-state index contributed by atoms with van der Waals surface area (Å²) in [5, 5.41) is 2.75. The van der Waals surface area contributed by atoms with E-state index in [9.17, 15) is 9.18 Å². The Bertz CT molecular complexity index is 980. The predicted molar refractivity (Wildman–Crippen MR) is 105 cm³/mol.